The standard InChI is InChI=1S/C19H25N3O5/c1-13(2)16(17(23)21-15(10-7-11-20)18(24)26-3)22-19(25)27-12-14-8-5-4-6-9-14/h4-6,8-9,13,15-16H,7,10,12H2,1-3H3,(H,21,23)(H,22,25)/t15-,16+/m0/s1. The minimum Gasteiger partial charge on any atom is -0.467 e. The second-order valence-electron chi connectivity index (χ2n) is 6.21. The van der Waals surface area contributed by atoms with Gasteiger partial charge in [0.05, 0.1) is 13.2 Å². The number of carbonyl (C=O) groups is 3. The Hall–Kier alpha value is -3.08. The molecule has 0 saturated carbocycles. The molecule has 2 N–H and O–H groups in total. The Morgan fingerprint density at radius 1 is 1.15 bits per heavy atom. The number of benzene rings is 1. The molecular formula is C19H25N3O5. The molecule has 0 unspecified atom stereocenters. The molecule has 0 heterocycles. The van der Waals surface area contributed by atoms with Crippen molar-refractivity contribution in [1.82, 2.24) is 10.6 Å². The van der Waals surface area contributed by atoms with Gasteiger partial charge in [0.25, 0.3) is 0 Å². The third-order valence-electron chi connectivity index (χ3n) is 3.78. The minimum atomic E-state index is -0.953. The second kappa shape index (κ2) is 11.5. The number of rotatable bonds is 9. The number of nitrogens with one attached hydrogen (secondary N) is 2. The van der Waals surface area contributed by atoms with Gasteiger partial charge in [0.1, 0.15) is 18.7 Å². The van der Waals surface area contributed by atoms with Crippen molar-refractivity contribution in [3.05, 3.63) is 35.9 Å². The molecule has 0 aromatic heterocycles. The first-order valence-electron chi connectivity index (χ1n) is 8.61. The van der Waals surface area contributed by atoms with Gasteiger partial charge in [0, 0.05) is 6.42 Å². The quantitative estimate of drug-likeness (QED) is 0.637. The van der Waals surface area contributed by atoms with Crippen molar-refractivity contribution in [3.8, 4) is 6.07 Å². The largest absolute Gasteiger partial charge is 0.467 e. The van der Waals surface area contributed by atoms with Crippen LogP contribution < -0.4 is 10.6 Å². The van der Waals surface area contributed by atoms with Gasteiger partial charge >= 0.3 is 12.1 Å². The first-order chi connectivity index (χ1) is 12.9. The second-order valence-corrected chi connectivity index (χ2v) is 6.21. The van der Waals surface area contributed by atoms with Gasteiger partial charge in [-0.3, -0.25) is 4.79 Å². The third kappa shape index (κ3) is 7.77. The molecule has 146 valence electrons. The molecule has 0 bridgehead atoms. The smallest absolute Gasteiger partial charge is 0.408 e. The van der Waals surface area contributed by atoms with Gasteiger partial charge in [-0.05, 0) is 17.9 Å². The number of nitriles is 1. The molecule has 0 radical (unpaired) electrons. The van der Waals surface area contributed by atoms with Crippen molar-refractivity contribution in [2.24, 2.45) is 5.92 Å². The van der Waals surface area contributed by atoms with Gasteiger partial charge in [-0.1, -0.05) is 44.2 Å². The predicted molar refractivity (Wildman–Crippen MR) is 97.2 cm³/mol. The SMILES string of the molecule is COC(=O)[C@H](CCC#N)NC(=O)[C@H](NC(=O)OCc1ccccc1)C(C)C. The van der Waals surface area contributed by atoms with E-state index in [4.69, 9.17) is 10.00 Å². The van der Waals surface area contributed by atoms with Crippen LogP contribution in [0.4, 0.5) is 4.79 Å². The molecule has 2 amide bonds. The van der Waals surface area contributed by atoms with E-state index in [0.717, 1.165) is 5.56 Å². The van der Waals surface area contributed by atoms with Crippen molar-refractivity contribution in [2.45, 2.75) is 45.4 Å². The zero-order valence-corrected chi connectivity index (χ0v) is 15.7. The lowest BCUT2D eigenvalue weighted by atomic mass is 10.0. The zero-order chi connectivity index (χ0) is 20.2. The zero-order valence-electron chi connectivity index (χ0n) is 15.7. The van der Waals surface area contributed by atoms with Crippen LogP contribution in [0.2, 0.25) is 0 Å². The van der Waals surface area contributed by atoms with Crippen LogP contribution in [0.15, 0.2) is 30.3 Å². The summed E-state index contributed by atoms with van der Waals surface area (Å²) in [4.78, 5) is 36.3. The number of hydrogen-bond donors (Lipinski definition) is 2. The Morgan fingerprint density at radius 2 is 1.81 bits per heavy atom. The summed E-state index contributed by atoms with van der Waals surface area (Å²) < 4.78 is 9.78. The van der Waals surface area contributed by atoms with Crippen LogP contribution in [0.5, 0.6) is 0 Å². The highest BCUT2D eigenvalue weighted by Gasteiger charge is 2.29. The van der Waals surface area contributed by atoms with Gasteiger partial charge in [0.15, 0.2) is 0 Å². The van der Waals surface area contributed by atoms with E-state index in [1.165, 1.54) is 7.11 Å². The molecule has 27 heavy (non-hydrogen) atoms. The Labute approximate surface area is 158 Å². The molecule has 0 fully saturated rings. The molecule has 1 aromatic carbocycles. The number of ether oxygens (including phenoxy) is 2. The summed E-state index contributed by atoms with van der Waals surface area (Å²) in [5.41, 5.74) is 0.820. The Bertz CT molecular complexity index is 670. The minimum absolute atomic E-state index is 0.0755. The molecule has 1 rings (SSSR count). The van der Waals surface area contributed by atoms with Crippen LogP contribution in [-0.4, -0.2) is 37.2 Å². The molecule has 0 saturated heterocycles. The fourth-order valence-electron chi connectivity index (χ4n) is 2.29. The molecule has 0 aliphatic rings. The van der Waals surface area contributed by atoms with Crippen LogP contribution in [-0.2, 0) is 25.7 Å². The number of alkyl carbamates (subject to hydrolysis) is 1. The van der Waals surface area contributed by atoms with Crippen molar-refractivity contribution >= 4 is 18.0 Å². The number of nitrogens with zero attached hydrogens (tertiary/aromatic N) is 1. The summed E-state index contributed by atoms with van der Waals surface area (Å²) >= 11 is 0. The molecule has 0 spiro atoms. The van der Waals surface area contributed by atoms with E-state index in [1.807, 2.05) is 36.4 Å². The fourth-order valence-corrected chi connectivity index (χ4v) is 2.29. The first-order valence-corrected chi connectivity index (χ1v) is 8.61. The van der Waals surface area contributed by atoms with Crippen LogP contribution in [0, 0.1) is 17.2 Å². The highest BCUT2D eigenvalue weighted by Crippen LogP contribution is 2.07. The summed E-state index contributed by atoms with van der Waals surface area (Å²) in [7, 11) is 1.20. The van der Waals surface area contributed by atoms with E-state index in [-0.39, 0.29) is 25.4 Å². The van der Waals surface area contributed by atoms with E-state index >= 15 is 0 Å². The number of esters is 1. The normalized spacial score (nSPS) is 12.4. The van der Waals surface area contributed by atoms with Gasteiger partial charge in [-0.25, -0.2) is 9.59 Å². The Morgan fingerprint density at radius 3 is 2.37 bits per heavy atom. The van der Waals surface area contributed by atoms with E-state index in [1.54, 1.807) is 13.8 Å². The number of methoxy groups -OCH3 is 1. The molecular weight excluding hydrogens is 350 g/mol. The van der Waals surface area contributed by atoms with Crippen molar-refractivity contribution in [1.29, 1.82) is 5.26 Å². The Balaban J connectivity index is 2.66. The van der Waals surface area contributed by atoms with E-state index in [2.05, 4.69) is 15.4 Å². The number of amides is 2. The highest BCUT2D eigenvalue weighted by atomic mass is 16.5. The number of hydrogen-bond acceptors (Lipinski definition) is 6. The summed E-state index contributed by atoms with van der Waals surface area (Å²) in [6.45, 7) is 3.58. The highest BCUT2D eigenvalue weighted by molar-refractivity contribution is 5.89. The summed E-state index contributed by atoms with van der Waals surface area (Å²) in [5.74, 6) is -1.44. The average molecular weight is 375 g/mol. The predicted octanol–water partition coefficient (Wildman–Crippen LogP) is 1.90. The third-order valence-corrected chi connectivity index (χ3v) is 3.78. The van der Waals surface area contributed by atoms with Crippen molar-refractivity contribution in [3.63, 3.8) is 0 Å². The molecule has 0 aliphatic heterocycles. The maximum Gasteiger partial charge on any atom is 0.408 e. The van der Waals surface area contributed by atoms with E-state index < -0.39 is 30.1 Å². The summed E-state index contributed by atoms with van der Waals surface area (Å²) in [6, 6.07) is 9.21. The molecule has 8 heteroatoms. The van der Waals surface area contributed by atoms with Gasteiger partial charge in [-0.2, -0.15) is 5.26 Å². The van der Waals surface area contributed by atoms with Crippen LogP contribution in [0.3, 0.4) is 0 Å². The fraction of sp³-hybridized carbons (Fsp3) is 0.474. The van der Waals surface area contributed by atoms with Crippen LogP contribution >= 0.6 is 0 Å². The van der Waals surface area contributed by atoms with E-state index in [0.29, 0.717) is 0 Å². The van der Waals surface area contributed by atoms with Gasteiger partial charge in [0.2, 0.25) is 5.91 Å². The monoisotopic (exact) mass is 375 g/mol. The maximum atomic E-state index is 12.5. The number of carbonyl (C=O) groups excluding carboxylic acids is 3. The van der Waals surface area contributed by atoms with Gasteiger partial charge < -0.3 is 20.1 Å². The average Bonchev–Trinajstić information content (AvgIpc) is 2.67. The van der Waals surface area contributed by atoms with Crippen molar-refractivity contribution in [2.75, 3.05) is 7.11 Å². The topological polar surface area (TPSA) is 118 Å². The molecule has 0 aliphatic carbocycles. The summed E-state index contributed by atoms with van der Waals surface area (Å²) in [5, 5.41) is 13.7. The lowest BCUT2D eigenvalue weighted by Crippen LogP contribution is -2.53. The first kappa shape index (κ1) is 22.0. The van der Waals surface area contributed by atoms with Crippen LogP contribution in [0.25, 0.3) is 0 Å². The lowest BCUT2D eigenvalue weighted by Gasteiger charge is -2.24. The molecule has 2 atom stereocenters. The van der Waals surface area contributed by atoms with Gasteiger partial charge in [-0.15, -0.1) is 0 Å². The maximum absolute atomic E-state index is 12.5. The van der Waals surface area contributed by atoms with Crippen LogP contribution in [0.1, 0.15) is 32.3 Å². The molecule has 1 aromatic rings. The van der Waals surface area contributed by atoms with Crippen molar-refractivity contribution < 1.29 is 23.9 Å². The van der Waals surface area contributed by atoms with E-state index in [9.17, 15) is 14.4 Å². The molecule has 8 nitrogen and oxygen atoms in total. The lowest BCUT2D eigenvalue weighted by molar-refractivity contribution is -0.145. The Kier molecular flexibility index (Phi) is 9.37. The summed E-state index contributed by atoms with van der Waals surface area (Å²) in [6.07, 6.45) is -0.531.